The van der Waals surface area contributed by atoms with E-state index in [1.807, 2.05) is 30.3 Å². The number of esters is 1. The highest BCUT2D eigenvalue weighted by atomic mass is 31.1. The minimum Gasteiger partial charge on any atom is -0.424 e. The zero-order valence-corrected chi connectivity index (χ0v) is 24.0. The van der Waals surface area contributed by atoms with Gasteiger partial charge in [-0.05, 0) is 48.6 Å². The first-order valence-corrected chi connectivity index (χ1v) is 16.7. The van der Waals surface area contributed by atoms with E-state index in [0.29, 0.717) is 5.75 Å². The highest BCUT2D eigenvalue weighted by Crippen LogP contribution is 2.39. The molecule has 2 atom stereocenters. The van der Waals surface area contributed by atoms with Crippen molar-refractivity contribution in [2.75, 3.05) is 0 Å². The third-order valence-corrected chi connectivity index (χ3v) is 13.9. The molecule has 0 aromatic heterocycles. The van der Waals surface area contributed by atoms with Gasteiger partial charge in [-0.25, -0.2) is 4.79 Å². The second-order valence-corrected chi connectivity index (χ2v) is 17.5. The molecule has 35 heavy (non-hydrogen) atoms. The Labute approximate surface area is 213 Å². The van der Waals surface area contributed by atoms with Crippen LogP contribution in [0.15, 0.2) is 84.9 Å². The van der Waals surface area contributed by atoms with E-state index in [1.165, 1.54) is 10.6 Å². The third kappa shape index (κ3) is 6.70. The van der Waals surface area contributed by atoms with Crippen molar-refractivity contribution in [3.63, 3.8) is 0 Å². The summed E-state index contributed by atoms with van der Waals surface area (Å²) in [5.41, 5.74) is 0. The summed E-state index contributed by atoms with van der Waals surface area (Å²) in [4.78, 5) is 13.6. The molecule has 3 aromatic rings. The minimum atomic E-state index is -2.16. The Morgan fingerprint density at radius 1 is 0.857 bits per heavy atom. The number of hydrogen-bond acceptors (Lipinski definition) is 3. The third-order valence-electron chi connectivity index (χ3n) is 6.97. The predicted octanol–water partition coefficient (Wildman–Crippen LogP) is 6.79. The van der Waals surface area contributed by atoms with E-state index in [-0.39, 0.29) is 16.9 Å². The maximum absolute atomic E-state index is 13.6. The molecule has 5 heteroatoms. The fraction of sp³-hybridized carbons (Fsp3) is 0.367. The van der Waals surface area contributed by atoms with E-state index in [1.54, 1.807) is 0 Å². The van der Waals surface area contributed by atoms with Gasteiger partial charge in [0.15, 0.2) is 8.32 Å². The smallest absolute Gasteiger partial charge is 0.339 e. The summed E-state index contributed by atoms with van der Waals surface area (Å²) < 4.78 is 12.8. The second kappa shape index (κ2) is 11.6. The molecule has 0 fully saturated rings. The highest BCUT2D eigenvalue weighted by molar-refractivity contribution is 7.80. The molecule has 0 aliphatic heterocycles. The van der Waals surface area contributed by atoms with E-state index in [0.717, 1.165) is 11.7 Å². The topological polar surface area (TPSA) is 35.5 Å². The van der Waals surface area contributed by atoms with Gasteiger partial charge in [-0.15, -0.1) is 0 Å². The molecule has 0 aliphatic carbocycles. The van der Waals surface area contributed by atoms with Gasteiger partial charge in [-0.3, -0.25) is 0 Å². The minimum absolute atomic E-state index is 0.00579. The van der Waals surface area contributed by atoms with Gasteiger partial charge >= 0.3 is 5.97 Å². The molecule has 0 heterocycles. The zero-order chi connectivity index (χ0) is 25.6. The summed E-state index contributed by atoms with van der Waals surface area (Å²) in [5, 5.41) is 3.47. The molecule has 3 nitrogen and oxygen atoms in total. The van der Waals surface area contributed by atoms with Crippen molar-refractivity contribution in [3.05, 3.63) is 84.9 Å². The summed E-state index contributed by atoms with van der Waals surface area (Å²) in [6, 6.07) is 28.9. The van der Waals surface area contributed by atoms with Crippen LogP contribution in [-0.2, 0) is 9.22 Å². The van der Waals surface area contributed by atoms with E-state index < -0.39 is 22.3 Å². The average molecular weight is 507 g/mol. The van der Waals surface area contributed by atoms with Crippen LogP contribution in [0.2, 0.25) is 18.1 Å². The van der Waals surface area contributed by atoms with Crippen LogP contribution in [0.3, 0.4) is 0 Å². The van der Waals surface area contributed by atoms with Gasteiger partial charge in [0, 0.05) is 5.30 Å². The number of carbonyl (C=O) groups is 1. The first-order valence-electron chi connectivity index (χ1n) is 12.4. The van der Waals surface area contributed by atoms with Crippen molar-refractivity contribution in [1.29, 1.82) is 0 Å². The van der Waals surface area contributed by atoms with Gasteiger partial charge in [0.2, 0.25) is 0 Å². The Bertz CT molecular complexity index is 1050. The molecule has 3 aromatic carbocycles. The standard InChI is InChI=1S/C30H39O3PSi/c1-8-23(2)28(33-35(6,7)30(3,4)5)29(31)32-26-21-15-16-22-27(26)34(24-17-11-9-12-18-24)25-19-13-10-14-20-25/h9-23,28H,8H2,1-7H3/t23-,28-/m0/s1. The van der Waals surface area contributed by atoms with Gasteiger partial charge < -0.3 is 9.16 Å². The number of benzene rings is 3. The van der Waals surface area contributed by atoms with Crippen LogP contribution in [0.4, 0.5) is 0 Å². The van der Waals surface area contributed by atoms with E-state index >= 15 is 0 Å². The molecule has 0 saturated carbocycles. The summed E-state index contributed by atoms with van der Waals surface area (Å²) in [5.74, 6) is 0.379. The molecule has 3 rings (SSSR count). The maximum atomic E-state index is 13.6. The van der Waals surface area contributed by atoms with Crippen LogP contribution in [0.25, 0.3) is 0 Å². The SMILES string of the molecule is CC[C@H](C)[C@H](O[Si](C)(C)C(C)(C)C)C(=O)Oc1ccccc1P(c1ccccc1)c1ccccc1. The lowest BCUT2D eigenvalue weighted by atomic mass is 10.0. The van der Waals surface area contributed by atoms with E-state index in [9.17, 15) is 4.79 Å². The first-order chi connectivity index (χ1) is 16.5. The lowest BCUT2D eigenvalue weighted by molar-refractivity contribution is -0.145. The van der Waals surface area contributed by atoms with Crippen LogP contribution in [-0.4, -0.2) is 20.4 Å². The van der Waals surface area contributed by atoms with Gasteiger partial charge in [0.25, 0.3) is 0 Å². The number of ether oxygens (including phenoxy) is 1. The molecule has 0 amide bonds. The number of carbonyl (C=O) groups excluding carboxylic acids is 1. The van der Waals surface area contributed by atoms with Crippen LogP contribution >= 0.6 is 7.92 Å². The Morgan fingerprint density at radius 2 is 1.34 bits per heavy atom. The van der Waals surface area contributed by atoms with Crippen molar-refractivity contribution in [2.45, 2.75) is 65.3 Å². The fourth-order valence-electron chi connectivity index (χ4n) is 3.58. The number of rotatable bonds is 9. The molecule has 0 bridgehead atoms. The quantitative estimate of drug-likeness (QED) is 0.139. The van der Waals surface area contributed by atoms with Gasteiger partial charge in [0.1, 0.15) is 11.9 Å². The number of hydrogen-bond donors (Lipinski definition) is 0. The largest absolute Gasteiger partial charge is 0.424 e. The molecule has 0 unspecified atom stereocenters. The summed E-state index contributed by atoms with van der Waals surface area (Å²) in [6.07, 6.45) is 0.255. The van der Waals surface area contributed by atoms with Gasteiger partial charge in [-0.1, -0.05) is 120 Å². The van der Waals surface area contributed by atoms with Crippen molar-refractivity contribution in [1.82, 2.24) is 0 Å². The first kappa shape index (κ1) is 27.3. The molecule has 186 valence electrons. The van der Waals surface area contributed by atoms with Crippen molar-refractivity contribution < 1.29 is 14.0 Å². The van der Waals surface area contributed by atoms with E-state index in [2.05, 4.69) is 102 Å². The van der Waals surface area contributed by atoms with Gasteiger partial charge in [0.05, 0.1) is 0 Å². The lowest BCUT2D eigenvalue weighted by Gasteiger charge is -2.40. The van der Waals surface area contributed by atoms with Crippen molar-refractivity contribution in [2.24, 2.45) is 5.92 Å². The Kier molecular flexibility index (Phi) is 9.09. The fourth-order valence-corrected chi connectivity index (χ4v) is 7.27. The molecule has 0 radical (unpaired) electrons. The Hall–Kier alpha value is -2.26. The van der Waals surface area contributed by atoms with Crippen LogP contribution < -0.4 is 20.7 Å². The zero-order valence-electron chi connectivity index (χ0n) is 22.1. The van der Waals surface area contributed by atoms with Crippen molar-refractivity contribution in [3.8, 4) is 5.75 Å². The van der Waals surface area contributed by atoms with Crippen LogP contribution in [0.5, 0.6) is 5.75 Å². The molecule has 0 aliphatic rings. The normalized spacial score (nSPS) is 13.9. The molecule has 0 N–H and O–H groups in total. The lowest BCUT2D eigenvalue weighted by Crippen LogP contribution is -2.49. The second-order valence-electron chi connectivity index (χ2n) is 10.6. The number of para-hydroxylation sites is 1. The van der Waals surface area contributed by atoms with Crippen LogP contribution in [0.1, 0.15) is 41.0 Å². The summed E-state index contributed by atoms with van der Waals surface area (Å²) in [6.45, 7) is 15.1. The molecular formula is C30H39O3PSi. The molecular weight excluding hydrogens is 467 g/mol. The van der Waals surface area contributed by atoms with E-state index in [4.69, 9.17) is 9.16 Å². The van der Waals surface area contributed by atoms with Crippen LogP contribution in [0, 0.1) is 5.92 Å². The van der Waals surface area contributed by atoms with Gasteiger partial charge in [-0.2, -0.15) is 0 Å². The maximum Gasteiger partial charge on any atom is 0.339 e. The Balaban J connectivity index is 2.00. The summed E-state index contributed by atoms with van der Waals surface area (Å²) >= 11 is 0. The van der Waals surface area contributed by atoms with Crippen molar-refractivity contribution >= 4 is 38.1 Å². The average Bonchev–Trinajstić information content (AvgIpc) is 2.84. The monoisotopic (exact) mass is 506 g/mol. The highest BCUT2D eigenvalue weighted by Gasteiger charge is 2.42. The molecule has 0 saturated heterocycles. The Morgan fingerprint density at radius 3 is 1.83 bits per heavy atom. The summed E-state index contributed by atoms with van der Waals surface area (Å²) in [7, 11) is -3.05. The predicted molar refractivity (Wildman–Crippen MR) is 152 cm³/mol. The molecule has 0 spiro atoms.